The van der Waals surface area contributed by atoms with Crippen LogP contribution in [0, 0.1) is 0 Å². The van der Waals surface area contributed by atoms with E-state index in [4.69, 9.17) is 0 Å². The van der Waals surface area contributed by atoms with Gasteiger partial charge in [0.2, 0.25) is 0 Å². The Morgan fingerprint density at radius 1 is 1.19 bits per heavy atom. The Balaban J connectivity index is 2.04. The zero-order chi connectivity index (χ0) is 11.4. The molecule has 0 aliphatic heterocycles. The van der Waals surface area contributed by atoms with Crippen molar-refractivity contribution >= 4 is 33.0 Å². The van der Waals surface area contributed by atoms with Gasteiger partial charge in [-0.2, -0.15) is 0 Å². The minimum absolute atomic E-state index is 0.896. The van der Waals surface area contributed by atoms with Crippen molar-refractivity contribution in [2.45, 2.75) is 19.9 Å². The lowest BCUT2D eigenvalue weighted by molar-refractivity contribution is 1.11. The van der Waals surface area contributed by atoms with Crippen LogP contribution >= 0.6 is 27.3 Å². The normalized spacial score (nSPS) is 10.4. The van der Waals surface area contributed by atoms with Crippen LogP contribution in [0.15, 0.2) is 40.2 Å². The van der Waals surface area contributed by atoms with E-state index < -0.39 is 0 Å². The zero-order valence-electron chi connectivity index (χ0n) is 9.16. The van der Waals surface area contributed by atoms with Crippen LogP contribution in [0.25, 0.3) is 0 Å². The zero-order valence-corrected chi connectivity index (χ0v) is 11.6. The molecule has 84 valence electrons. The van der Waals surface area contributed by atoms with Gasteiger partial charge in [0.25, 0.3) is 0 Å². The molecule has 0 aliphatic rings. The molecule has 1 aromatic carbocycles. The third-order valence-electron chi connectivity index (χ3n) is 2.48. The quantitative estimate of drug-likeness (QED) is 0.863. The van der Waals surface area contributed by atoms with E-state index in [1.807, 2.05) is 0 Å². The third kappa shape index (κ3) is 2.86. The number of anilines is 1. The fraction of sp³-hybridized carbons (Fsp3) is 0.231. The largest absolute Gasteiger partial charge is 0.380 e. The van der Waals surface area contributed by atoms with E-state index in [0.29, 0.717) is 0 Å². The number of benzene rings is 1. The summed E-state index contributed by atoms with van der Waals surface area (Å²) in [5.41, 5.74) is 2.62. The number of rotatable bonds is 4. The van der Waals surface area contributed by atoms with Gasteiger partial charge in [0.1, 0.15) is 0 Å². The molecular weight excluding hydrogens is 282 g/mol. The van der Waals surface area contributed by atoms with E-state index in [-0.39, 0.29) is 0 Å². The SMILES string of the molecule is CCc1ccccc1NCc1ccc(Br)s1. The summed E-state index contributed by atoms with van der Waals surface area (Å²) >= 11 is 5.25. The van der Waals surface area contributed by atoms with Crippen LogP contribution in [0.1, 0.15) is 17.4 Å². The van der Waals surface area contributed by atoms with Crippen molar-refractivity contribution in [3.63, 3.8) is 0 Å². The molecule has 0 saturated carbocycles. The lowest BCUT2D eigenvalue weighted by Gasteiger charge is -2.09. The van der Waals surface area contributed by atoms with Gasteiger partial charge >= 0.3 is 0 Å². The Morgan fingerprint density at radius 3 is 2.69 bits per heavy atom. The molecule has 1 N–H and O–H groups in total. The second-order valence-electron chi connectivity index (χ2n) is 3.57. The van der Waals surface area contributed by atoms with Gasteiger partial charge in [0.15, 0.2) is 0 Å². The molecule has 3 heteroatoms. The Bertz CT molecular complexity index is 464. The number of aryl methyl sites for hydroxylation is 1. The molecule has 0 bridgehead atoms. The predicted octanol–water partition coefficient (Wildman–Crippen LogP) is 4.69. The Kier molecular flexibility index (Phi) is 4.02. The maximum absolute atomic E-state index is 3.48. The molecule has 0 spiro atoms. The molecule has 0 saturated heterocycles. The van der Waals surface area contributed by atoms with Crippen molar-refractivity contribution in [2.75, 3.05) is 5.32 Å². The summed E-state index contributed by atoms with van der Waals surface area (Å²) in [5.74, 6) is 0. The third-order valence-corrected chi connectivity index (χ3v) is 4.10. The highest BCUT2D eigenvalue weighted by atomic mass is 79.9. The monoisotopic (exact) mass is 295 g/mol. The lowest BCUT2D eigenvalue weighted by atomic mass is 10.1. The van der Waals surface area contributed by atoms with Gasteiger partial charge in [0, 0.05) is 17.1 Å². The first-order valence-electron chi connectivity index (χ1n) is 5.35. The maximum Gasteiger partial charge on any atom is 0.0702 e. The molecule has 0 fully saturated rings. The highest BCUT2D eigenvalue weighted by Crippen LogP contribution is 2.23. The van der Waals surface area contributed by atoms with Crippen LogP contribution in [0.5, 0.6) is 0 Å². The molecule has 1 heterocycles. The number of hydrogen-bond donors (Lipinski definition) is 1. The summed E-state index contributed by atoms with van der Waals surface area (Å²) in [6.45, 7) is 3.08. The first-order chi connectivity index (χ1) is 7.79. The van der Waals surface area contributed by atoms with Crippen molar-refractivity contribution in [2.24, 2.45) is 0 Å². The van der Waals surface area contributed by atoms with Crippen LogP contribution in [0.3, 0.4) is 0 Å². The second kappa shape index (κ2) is 5.51. The standard InChI is InChI=1S/C13H14BrNS/c1-2-10-5-3-4-6-12(10)15-9-11-7-8-13(14)16-11/h3-8,15H,2,9H2,1H3. The highest BCUT2D eigenvalue weighted by Gasteiger charge is 2.00. The van der Waals surface area contributed by atoms with Gasteiger partial charge in [-0.3, -0.25) is 0 Å². The summed E-state index contributed by atoms with van der Waals surface area (Å²) < 4.78 is 1.19. The second-order valence-corrected chi connectivity index (χ2v) is 6.12. The maximum atomic E-state index is 3.48. The average Bonchev–Trinajstić information content (AvgIpc) is 2.73. The fourth-order valence-corrected chi connectivity index (χ4v) is 3.05. The van der Waals surface area contributed by atoms with E-state index in [1.54, 1.807) is 11.3 Å². The van der Waals surface area contributed by atoms with E-state index in [2.05, 4.69) is 64.6 Å². The predicted molar refractivity (Wildman–Crippen MR) is 75.2 cm³/mol. The molecule has 0 amide bonds. The van der Waals surface area contributed by atoms with Crippen molar-refractivity contribution in [3.05, 3.63) is 50.6 Å². The lowest BCUT2D eigenvalue weighted by Crippen LogP contribution is -2.00. The molecular formula is C13H14BrNS. The molecule has 0 aliphatic carbocycles. The minimum atomic E-state index is 0.896. The van der Waals surface area contributed by atoms with Crippen LogP contribution in [0.4, 0.5) is 5.69 Å². The molecule has 2 rings (SSSR count). The van der Waals surface area contributed by atoms with E-state index in [0.717, 1.165) is 13.0 Å². The number of halogens is 1. The van der Waals surface area contributed by atoms with Crippen LogP contribution in [-0.4, -0.2) is 0 Å². The summed E-state index contributed by atoms with van der Waals surface area (Å²) in [6, 6.07) is 12.7. The number of hydrogen-bond acceptors (Lipinski definition) is 2. The fourth-order valence-electron chi connectivity index (χ4n) is 1.63. The van der Waals surface area contributed by atoms with Crippen LogP contribution in [-0.2, 0) is 13.0 Å². The average molecular weight is 296 g/mol. The number of para-hydroxylation sites is 1. The summed E-state index contributed by atoms with van der Waals surface area (Å²) in [6.07, 6.45) is 1.07. The molecule has 0 atom stereocenters. The van der Waals surface area contributed by atoms with Crippen molar-refractivity contribution in [3.8, 4) is 0 Å². The summed E-state index contributed by atoms with van der Waals surface area (Å²) in [7, 11) is 0. The van der Waals surface area contributed by atoms with Gasteiger partial charge in [0.05, 0.1) is 3.79 Å². The molecule has 0 unspecified atom stereocenters. The summed E-state index contributed by atoms with van der Waals surface area (Å²) in [4.78, 5) is 1.35. The van der Waals surface area contributed by atoms with Crippen LogP contribution in [0.2, 0.25) is 0 Å². The van der Waals surface area contributed by atoms with Gasteiger partial charge in [-0.15, -0.1) is 11.3 Å². The molecule has 1 nitrogen and oxygen atoms in total. The minimum Gasteiger partial charge on any atom is -0.380 e. The topological polar surface area (TPSA) is 12.0 Å². The van der Waals surface area contributed by atoms with Crippen LogP contribution < -0.4 is 5.32 Å². The number of nitrogens with one attached hydrogen (secondary N) is 1. The van der Waals surface area contributed by atoms with Gasteiger partial charge in [-0.05, 0) is 46.1 Å². The smallest absolute Gasteiger partial charge is 0.0702 e. The van der Waals surface area contributed by atoms with Crippen molar-refractivity contribution in [1.82, 2.24) is 0 Å². The van der Waals surface area contributed by atoms with E-state index in [9.17, 15) is 0 Å². The molecule has 16 heavy (non-hydrogen) atoms. The highest BCUT2D eigenvalue weighted by molar-refractivity contribution is 9.11. The molecule has 0 radical (unpaired) electrons. The first kappa shape index (κ1) is 11.7. The number of thiophene rings is 1. The Morgan fingerprint density at radius 2 is 2.00 bits per heavy atom. The van der Waals surface area contributed by atoms with Gasteiger partial charge < -0.3 is 5.32 Å². The Hall–Kier alpha value is -0.800. The van der Waals surface area contributed by atoms with E-state index in [1.165, 1.54) is 19.9 Å². The Labute approximate surface area is 109 Å². The molecule has 1 aromatic heterocycles. The van der Waals surface area contributed by atoms with Crippen molar-refractivity contribution in [1.29, 1.82) is 0 Å². The first-order valence-corrected chi connectivity index (χ1v) is 6.96. The van der Waals surface area contributed by atoms with Gasteiger partial charge in [-0.25, -0.2) is 0 Å². The van der Waals surface area contributed by atoms with Gasteiger partial charge in [-0.1, -0.05) is 25.1 Å². The van der Waals surface area contributed by atoms with Crippen molar-refractivity contribution < 1.29 is 0 Å². The van der Waals surface area contributed by atoms with E-state index >= 15 is 0 Å². The molecule has 2 aromatic rings. The summed E-state index contributed by atoms with van der Waals surface area (Å²) in [5, 5.41) is 3.48.